The fourth-order valence-electron chi connectivity index (χ4n) is 4.18. The second-order valence-corrected chi connectivity index (χ2v) is 10.8. The molecule has 2 aromatic rings. The monoisotopic (exact) mass is 486 g/mol. The Hall–Kier alpha value is -2.95. The van der Waals surface area contributed by atoms with Crippen LogP contribution in [0.3, 0.4) is 0 Å². The van der Waals surface area contributed by atoms with Crippen molar-refractivity contribution in [1.82, 2.24) is 9.21 Å². The molecule has 0 aliphatic carbocycles. The molecule has 0 aromatic heterocycles. The van der Waals surface area contributed by atoms with Gasteiger partial charge in [-0.3, -0.25) is 9.59 Å². The van der Waals surface area contributed by atoms with E-state index < -0.39 is 15.9 Å². The number of anilines is 2. The lowest BCUT2D eigenvalue weighted by Gasteiger charge is -2.27. The van der Waals surface area contributed by atoms with Gasteiger partial charge in [0.1, 0.15) is 0 Å². The molecule has 0 unspecified atom stereocenters. The SMILES string of the molecule is CN(C)S(=O)(=O)c1ccc(N2CCCC2)c(C(=O)Nc2cccc(C(=O)N3CCOCC3)c2)c1. The Balaban J connectivity index is 1.62. The highest BCUT2D eigenvalue weighted by Crippen LogP contribution is 2.29. The Morgan fingerprint density at radius 2 is 1.68 bits per heavy atom. The predicted molar refractivity (Wildman–Crippen MR) is 130 cm³/mol. The highest BCUT2D eigenvalue weighted by molar-refractivity contribution is 7.89. The summed E-state index contributed by atoms with van der Waals surface area (Å²) in [5.41, 5.74) is 1.93. The first-order valence-corrected chi connectivity index (χ1v) is 12.8. The van der Waals surface area contributed by atoms with Crippen molar-refractivity contribution in [3.05, 3.63) is 53.6 Å². The number of rotatable bonds is 6. The average molecular weight is 487 g/mol. The van der Waals surface area contributed by atoms with Gasteiger partial charge in [-0.2, -0.15) is 0 Å². The Bertz CT molecular complexity index is 1170. The van der Waals surface area contributed by atoms with Crippen LogP contribution >= 0.6 is 0 Å². The third kappa shape index (κ3) is 5.08. The highest BCUT2D eigenvalue weighted by atomic mass is 32.2. The van der Waals surface area contributed by atoms with E-state index in [1.807, 2.05) is 0 Å². The van der Waals surface area contributed by atoms with Gasteiger partial charge in [0.25, 0.3) is 11.8 Å². The number of nitrogens with one attached hydrogen (secondary N) is 1. The van der Waals surface area contributed by atoms with Gasteiger partial charge in [-0.15, -0.1) is 0 Å². The second kappa shape index (κ2) is 10.1. The summed E-state index contributed by atoms with van der Waals surface area (Å²) in [5.74, 6) is -0.537. The maximum Gasteiger partial charge on any atom is 0.257 e. The molecule has 9 nitrogen and oxygen atoms in total. The molecule has 0 spiro atoms. The summed E-state index contributed by atoms with van der Waals surface area (Å²) < 4.78 is 31.8. The first-order valence-electron chi connectivity index (χ1n) is 11.4. The molecule has 2 heterocycles. The summed E-state index contributed by atoms with van der Waals surface area (Å²) in [7, 11) is -0.785. The van der Waals surface area contributed by atoms with Gasteiger partial charge in [0.05, 0.1) is 23.7 Å². The van der Waals surface area contributed by atoms with Gasteiger partial charge in [0, 0.05) is 57.2 Å². The van der Waals surface area contributed by atoms with E-state index in [0.29, 0.717) is 43.2 Å². The zero-order chi connectivity index (χ0) is 24.3. The van der Waals surface area contributed by atoms with Crippen LogP contribution in [0, 0.1) is 0 Å². The maximum atomic E-state index is 13.4. The van der Waals surface area contributed by atoms with Crippen LogP contribution < -0.4 is 10.2 Å². The molecule has 2 amide bonds. The third-order valence-corrected chi connectivity index (χ3v) is 7.91. The molecular weight excluding hydrogens is 456 g/mol. The molecule has 0 radical (unpaired) electrons. The van der Waals surface area contributed by atoms with Crippen LogP contribution in [0.15, 0.2) is 47.4 Å². The van der Waals surface area contributed by atoms with Crippen LogP contribution in [0.1, 0.15) is 33.6 Å². The molecule has 2 aromatic carbocycles. The normalized spacial score (nSPS) is 16.7. The first kappa shape index (κ1) is 24.2. The first-order chi connectivity index (χ1) is 16.3. The molecule has 182 valence electrons. The summed E-state index contributed by atoms with van der Waals surface area (Å²) >= 11 is 0. The van der Waals surface area contributed by atoms with Crippen molar-refractivity contribution >= 4 is 33.2 Å². The number of hydrogen-bond donors (Lipinski definition) is 1. The van der Waals surface area contributed by atoms with Crippen LogP contribution in [-0.4, -0.2) is 82.9 Å². The molecule has 2 aliphatic rings. The number of ether oxygens (including phenoxy) is 1. The lowest BCUT2D eigenvalue weighted by molar-refractivity contribution is 0.0303. The Morgan fingerprint density at radius 3 is 2.35 bits per heavy atom. The summed E-state index contributed by atoms with van der Waals surface area (Å²) in [4.78, 5) is 30.1. The predicted octanol–water partition coefficient (Wildman–Crippen LogP) is 2.26. The van der Waals surface area contributed by atoms with Gasteiger partial charge in [0.2, 0.25) is 10.0 Å². The van der Waals surface area contributed by atoms with Gasteiger partial charge in [-0.05, 0) is 49.2 Å². The van der Waals surface area contributed by atoms with Crippen LogP contribution in [0.4, 0.5) is 11.4 Å². The fraction of sp³-hybridized carbons (Fsp3) is 0.417. The van der Waals surface area contributed by atoms with E-state index >= 15 is 0 Å². The van der Waals surface area contributed by atoms with Crippen molar-refractivity contribution in [3.8, 4) is 0 Å². The number of morpholine rings is 1. The van der Waals surface area contributed by atoms with Crippen molar-refractivity contribution in [1.29, 1.82) is 0 Å². The molecule has 2 fully saturated rings. The van der Waals surface area contributed by atoms with Crippen molar-refractivity contribution in [2.45, 2.75) is 17.7 Å². The van der Waals surface area contributed by atoms with E-state index in [9.17, 15) is 18.0 Å². The van der Waals surface area contributed by atoms with Crippen LogP contribution in [0.5, 0.6) is 0 Å². The molecule has 2 aliphatic heterocycles. The number of carbonyl (C=O) groups excluding carboxylic acids is 2. The largest absolute Gasteiger partial charge is 0.378 e. The zero-order valence-electron chi connectivity index (χ0n) is 19.5. The number of carbonyl (C=O) groups is 2. The van der Waals surface area contributed by atoms with Gasteiger partial charge >= 0.3 is 0 Å². The lowest BCUT2D eigenvalue weighted by atomic mass is 10.1. The topological polar surface area (TPSA) is 99.3 Å². The van der Waals surface area contributed by atoms with Crippen LogP contribution in [0.2, 0.25) is 0 Å². The van der Waals surface area contributed by atoms with E-state index in [2.05, 4.69) is 10.2 Å². The van der Waals surface area contributed by atoms with Gasteiger partial charge in [-0.1, -0.05) is 6.07 Å². The molecule has 34 heavy (non-hydrogen) atoms. The highest BCUT2D eigenvalue weighted by Gasteiger charge is 2.25. The minimum absolute atomic E-state index is 0.0573. The molecule has 10 heteroatoms. The fourth-order valence-corrected chi connectivity index (χ4v) is 5.11. The Kier molecular flexibility index (Phi) is 7.20. The summed E-state index contributed by atoms with van der Waals surface area (Å²) in [6, 6.07) is 11.5. The molecule has 0 saturated carbocycles. The quantitative estimate of drug-likeness (QED) is 0.673. The van der Waals surface area contributed by atoms with Crippen LogP contribution in [-0.2, 0) is 14.8 Å². The van der Waals surface area contributed by atoms with E-state index in [0.717, 1.165) is 30.2 Å². The van der Waals surface area contributed by atoms with Crippen molar-refractivity contribution in [2.75, 3.05) is 63.7 Å². The van der Waals surface area contributed by atoms with Crippen LogP contribution in [0.25, 0.3) is 0 Å². The van der Waals surface area contributed by atoms with E-state index in [4.69, 9.17) is 4.74 Å². The molecule has 1 N–H and O–H groups in total. The zero-order valence-corrected chi connectivity index (χ0v) is 20.3. The van der Waals surface area contributed by atoms with Gasteiger partial charge in [0.15, 0.2) is 0 Å². The van der Waals surface area contributed by atoms with E-state index in [1.54, 1.807) is 41.3 Å². The van der Waals surface area contributed by atoms with E-state index in [-0.39, 0.29) is 16.4 Å². The lowest BCUT2D eigenvalue weighted by Crippen LogP contribution is -2.40. The Labute approximate surface area is 200 Å². The molecule has 2 saturated heterocycles. The summed E-state index contributed by atoms with van der Waals surface area (Å²) in [6.45, 7) is 3.69. The number of nitrogens with zero attached hydrogens (tertiary/aromatic N) is 3. The van der Waals surface area contributed by atoms with Crippen molar-refractivity contribution < 1.29 is 22.7 Å². The summed E-state index contributed by atoms with van der Waals surface area (Å²) in [5, 5.41) is 2.86. The molecule has 0 bridgehead atoms. The standard InChI is InChI=1S/C24H30N4O5S/c1-26(2)34(31,32)20-8-9-22(27-10-3-4-11-27)21(17-20)23(29)25-19-7-5-6-18(16-19)24(30)28-12-14-33-15-13-28/h5-9,16-17H,3-4,10-15H2,1-2H3,(H,25,29). The molecule has 4 rings (SSSR count). The van der Waals surface area contributed by atoms with Crippen molar-refractivity contribution in [2.24, 2.45) is 0 Å². The third-order valence-electron chi connectivity index (χ3n) is 6.10. The number of amides is 2. The van der Waals surface area contributed by atoms with Gasteiger partial charge in [-0.25, -0.2) is 12.7 Å². The minimum atomic E-state index is -3.70. The molecular formula is C24H30N4O5S. The second-order valence-electron chi connectivity index (χ2n) is 8.60. The number of benzene rings is 2. The van der Waals surface area contributed by atoms with Gasteiger partial charge < -0.3 is 19.9 Å². The number of hydrogen-bond acceptors (Lipinski definition) is 6. The maximum absolute atomic E-state index is 13.4. The summed E-state index contributed by atoms with van der Waals surface area (Å²) in [6.07, 6.45) is 2.04. The average Bonchev–Trinajstić information content (AvgIpc) is 3.38. The smallest absolute Gasteiger partial charge is 0.257 e. The minimum Gasteiger partial charge on any atom is -0.378 e. The molecule has 0 atom stereocenters. The van der Waals surface area contributed by atoms with E-state index in [1.165, 1.54) is 20.2 Å². The Morgan fingerprint density at radius 1 is 0.971 bits per heavy atom. The van der Waals surface area contributed by atoms with Crippen molar-refractivity contribution in [3.63, 3.8) is 0 Å². The number of sulfonamides is 1.